The van der Waals surface area contributed by atoms with Gasteiger partial charge in [-0.15, -0.1) is 0 Å². The molecular formula is C31H38ClN3O5S. The molecule has 0 aromatic heterocycles. The van der Waals surface area contributed by atoms with E-state index in [0.29, 0.717) is 17.2 Å². The van der Waals surface area contributed by atoms with Crippen LogP contribution < -0.4 is 14.4 Å². The largest absolute Gasteiger partial charge is 0.497 e. The molecule has 0 fully saturated rings. The first-order valence-electron chi connectivity index (χ1n) is 13.6. The summed E-state index contributed by atoms with van der Waals surface area (Å²) in [6.07, 6.45) is 1.09. The van der Waals surface area contributed by atoms with Gasteiger partial charge in [-0.1, -0.05) is 49.7 Å². The molecule has 41 heavy (non-hydrogen) atoms. The van der Waals surface area contributed by atoms with Gasteiger partial charge in [-0.25, -0.2) is 8.42 Å². The topological polar surface area (TPSA) is 96.0 Å². The molecule has 0 saturated carbocycles. The number of aryl methyl sites for hydroxylation is 1. The maximum Gasteiger partial charge on any atom is 0.264 e. The lowest BCUT2D eigenvalue weighted by Gasteiger charge is -2.34. The number of anilines is 1. The Morgan fingerprint density at radius 3 is 2.15 bits per heavy atom. The van der Waals surface area contributed by atoms with Gasteiger partial charge in [0, 0.05) is 17.6 Å². The van der Waals surface area contributed by atoms with E-state index in [0.717, 1.165) is 21.9 Å². The van der Waals surface area contributed by atoms with Gasteiger partial charge < -0.3 is 15.0 Å². The summed E-state index contributed by atoms with van der Waals surface area (Å²) in [7, 11) is -2.70. The fourth-order valence-corrected chi connectivity index (χ4v) is 5.88. The molecule has 0 radical (unpaired) electrons. The molecule has 3 aromatic carbocycles. The number of sulfonamides is 1. The van der Waals surface area contributed by atoms with Crippen molar-refractivity contribution in [3.8, 4) is 5.75 Å². The highest BCUT2D eigenvalue weighted by Crippen LogP contribution is 2.27. The first-order valence-corrected chi connectivity index (χ1v) is 15.4. The van der Waals surface area contributed by atoms with Gasteiger partial charge in [0.15, 0.2) is 0 Å². The number of amides is 2. The standard InChI is InChI=1S/C31H38ClN3O5S/c1-6-23(4)33-31(37)29(7-2)34(20-24-11-9-8-10-22(24)3)30(36)21-35(26-14-12-25(32)13-15-26)41(38,39)28-18-16-27(40-5)17-19-28/h8-19,23,29H,6-7,20-21H2,1-5H3,(H,33,37). The number of hydrogen-bond acceptors (Lipinski definition) is 5. The zero-order valence-electron chi connectivity index (χ0n) is 24.1. The van der Waals surface area contributed by atoms with Gasteiger partial charge in [-0.05, 0) is 86.3 Å². The molecule has 10 heteroatoms. The summed E-state index contributed by atoms with van der Waals surface area (Å²) in [5.74, 6) is -0.285. The minimum Gasteiger partial charge on any atom is -0.497 e. The molecule has 0 bridgehead atoms. The van der Waals surface area contributed by atoms with Crippen molar-refractivity contribution in [2.45, 2.75) is 64.1 Å². The highest BCUT2D eigenvalue weighted by Gasteiger charge is 2.34. The molecule has 1 N–H and O–H groups in total. The Labute approximate surface area is 248 Å². The van der Waals surface area contributed by atoms with E-state index in [9.17, 15) is 18.0 Å². The van der Waals surface area contributed by atoms with Crippen LogP contribution in [0.4, 0.5) is 5.69 Å². The van der Waals surface area contributed by atoms with Crippen LogP contribution in [0.15, 0.2) is 77.7 Å². The Hall–Kier alpha value is -3.56. The molecule has 2 amide bonds. The van der Waals surface area contributed by atoms with E-state index in [-0.39, 0.29) is 29.1 Å². The van der Waals surface area contributed by atoms with E-state index in [4.69, 9.17) is 16.3 Å². The van der Waals surface area contributed by atoms with Gasteiger partial charge in [0.2, 0.25) is 11.8 Å². The predicted octanol–water partition coefficient (Wildman–Crippen LogP) is 5.57. The number of nitrogens with one attached hydrogen (secondary N) is 1. The number of benzene rings is 3. The van der Waals surface area contributed by atoms with Crippen molar-refractivity contribution in [1.82, 2.24) is 10.2 Å². The van der Waals surface area contributed by atoms with Gasteiger partial charge in [-0.3, -0.25) is 13.9 Å². The van der Waals surface area contributed by atoms with Gasteiger partial charge in [0.05, 0.1) is 17.7 Å². The van der Waals surface area contributed by atoms with Gasteiger partial charge >= 0.3 is 0 Å². The van der Waals surface area contributed by atoms with E-state index in [1.807, 2.05) is 52.0 Å². The fourth-order valence-electron chi connectivity index (χ4n) is 4.34. The van der Waals surface area contributed by atoms with Crippen molar-refractivity contribution < 1.29 is 22.7 Å². The van der Waals surface area contributed by atoms with Crippen molar-refractivity contribution >= 4 is 39.1 Å². The van der Waals surface area contributed by atoms with Crippen LogP contribution in [0.5, 0.6) is 5.75 Å². The Morgan fingerprint density at radius 2 is 1.59 bits per heavy atom. The molecule has 0 saturated heterocycles. The van der Waals surface area contributed by atoms with Crippen LogP contribution in [0.2, 0.25) is 5.02 Å². The third-order valence-electron chi connectivity index (χ3n) is 7.03. The lowest BCUT2D eigenvalue weighted by molar-refractivity contribution is -0.140. The number of rotatable bonds is 13. The molecule has 2 unspecified atom stereocenters. The average Bonchev–Trinajstić information content (AvgIpc) is 2.97. The molecular weight excluding hydrogens is 562 g/mol. The molecule has 3 aromatic rings. The van der Waals surface area contributed by atoms with Gasteiger partial charge in [-0.2, -0.15) is 0 Å². The number of carbonyl (C=O) groups is 2. The first kappa shape index (κ1) is 32.0. The lowest BCUT2D eigenvalue weighted by atomic mass is 10.1. The molecule has 8 nitrogen and oxygen atoms in total. The van der Waals surface area contributed by atoms with Crippen molar-refractivity contribution in [3.63, 3.8) is 0 Å². The molecule has 0 spiro atoms. The zero-order valence-corrected chi connectivity index (χ0v) is 25.7. The molecule has 2 atom stereocenters. The third kappa shape index (κ3) is 8.01. The second kappa shape index (κ2) is 14.4. The van der Waals surface area contributed by atoms with Crippen LogP contribution in [0.1, 0.15) is 44.7 Å². The maximum absolute atomic E-state index is 14.1. The van der Waals surface area contributed by atoms with Crippen LogP contribution in [0.25, 0.3) is 0 Å². The average molecular weight is 600 g/mol. The summed E-state index contributed by atoms with van der Waals surface area (Å²) in [5.41, 5.74) is 2.10. The summed E-state index contributed by atoms with van der Waals surface area (Å²) in [6.45, 7) is 7.28. The summed E-state index contributed by atoms with van der Waals surface area (Å²) in [4.78, 5) is 29.0. The van der Waals surface area contributed by atoms with E-state index in [2.05, 4.69) is 5.32 Å². The normalized spacial score (nSPS) is 12.7. The predicted molar refractivity (Wildman–Crippen MR) is 163 cm³/mol. The summed E-state index contributed by atoms with van der Waals surface area (Å²) in [6, 6.07) is 18.9. The molecule has 3 rings (SSSR count). The molecule has 220 valence electrons. The number of carbonyl (C=O) groups excluding carboxylic acids is 2. The van der Waals surface area contributed by atoms with Crippen molar-refractivity contribution in [1.29, 1.82) is 0 Å². The van der Waals surface area contributed by atoms with Gasteiger partial charge in [0.25, 0.3) is 10.0 Å². The molecule has 0 aliphatic rings. The van der Waals surface area contributed by atoms with Crippen molar-refractivity contribution in [2.24, 2.45) is 0 Å². The Bertz CT molecular complexity index is 1430. The van der Waals surface area contributed by atoms with Crippen molar-refractivity contribution in [3.05, 3.63) is 88.9 Å². The minimum atomic E-state index is -4.19. The third-order valence-corrected chi connectivity index (χ3v) is 9.07. The fraction of sp³-hybridized carbons (Fsp3) is 0.355. The highest BCUT2D eigenvalue weighted by atomic mass is 35.5. The van der Waals surface area contributed by atoms with E-state index in [1.165, 1.54) is 24.1 Å². The highest BCUT2D eigenvalue weighted by molar-refractivity contribution is 7.92. The first-order chi connectivity index (χ1) is 19.5. The van der Waals surface area contributed by atoms with Crippen LogP contribution in [-0.4, -0.2) is 50.9 Å². The maximum atomic E-state index is 14.1. The second-order valence-corrected chi connectivity index (χ2v) is 12.2. The van der Waals surface area contributed by atoms with E-state index >= 15 is 0 Å². The lowest BCUT2D eigenvalue weighted by Crippen LogP contribution is -2.53. The molecule has 0 heterocycles. The second-order valence-electron chi connectivity index (χ2n) is 9.85. The smallest absolute Gasteiger partial charge is 0.264 e. The number of halogens is 1. The van der Waals surface area contributed by atoms with Crippen LogP contribution in [0.3, 0.4) is 0 Å². The zero-order chi connectivity index (χ0) is 30.2. The summed E-state index contributed by atoms with van der Waals surface area (Å²) >= 11 is 6.09. The monoisotopic (exact) mass is 599 g/mol. The Balaban J connectivity index is 2.06. The van der Waals surface area contributed by atoms with Crippen molar-refractivity contribution in [2.75, 3.05) is 18.0 Å². The number of methoxy groups -OCH3 is 1. The van der Waals surface area contributed by atoms with Crippen LogP contribution >= 0.6 is 11.6 Å². The van der Waals surface area contributed by atoms with Crippen LogP contribution in [0, 0.1) is 6.92 Å². The minimum absolute atomic E-state index is 0.00643. The Morgan fingerprint density at radius 1 is 0.951 bits per heavy atom. The molecule has 0 aliphatic heterocycles. The SMILES string of the molecule is CCC(C)NC(=O)C(CC)N(Cc1ccccc1C)C(=O)CN(c1ccc(Cl)cc1)S(=O)(=O)c1ccc(OC)cc1. The number of nitrogens with zero attached hydrogens (tertiary/aromatic N) is 2. The quantitative estimate of drug-likeness (QED) is 0.277. The summed E-state index contributed by atoms with van der Waals surface area (Å²) < 4.78 is 34.1. The van der Waals surface area contributed by atoms with Crippen LogP contribution in [-0.2, 0) is 26.2 Å². The number of ether oxygens (including phenoxy) is 1. The summed E-state index contributed by atoms with van der Waals surface area (Å²) in [5, 5.41) is 3.41. The molecule has 0 aliphatic carbocycles. The van der Waals surface area contributed by atoms with E-state index in [1.54, 1.807) is 36.4 Å². The number of hydrogen-bond donors (Lipinski definition) is 1. The van der Waals surface area contributed by atoms with E-state index < -0.39 is 28.5 Å². The van der Waals surface area contributed by atoms with Gasteiger partial charge in [0.1, 0.15) is 18.3 Å². The Kier molecular flexibility index (Phi) is 11.2.